The van der Waals surface area contributed by atoms with Crippen molar-refractivity contribution in [3.8, 4) is 0 Å². The lowest BCUT2D eigenvalue weighted by atomic mass is 10.2. The molecule has 0 aliphatic carbocycles. The van der Waals surface area contributed by atoms with Gasteiger partial charge in [0.15, 0.2) is 0 Å². The molecule has 1 unspecified atom stereocenters. The van der Waals surface area contributed by atoms with Crippen LogP contribution in [0.25, 0.3) is 0 Å². The zero-order valence-electron chi connectivity index (χ0n) is 11.0. The van der Waals surface area contributed by atoms with Crippen molar-refractivity contribution in [2.75, 3.05) is 26.8 Å². The largest absolute Gasteiger partial charge is 0.392 e. The third-order valence-electron chi connectivity index (χ3n) is 2.74. The highest BCUT2D eigenvalue weighted by Gasteiger charge is 2.12. The summed E-state index contributed by atoms with van der Waals surface area (Å²) in [7, 11) is 1.71. The lowest BCUT2D eigenvalue weighted by Crippen LogP contribution is -2.34. The van der Waals surface area contributed by atoms with Crippen LogP contribution in [-0.4, -0.2) is 42.9 Å². The number of allylic oxidation sites excluding steroid dienone is 1. The molecule has 0 amide bonds. The topological polar surface area (TPSA) is 32.7 Å². The number of methoxy groups -OCH3 is 1. The Kier molecular flexibility index (Phi) is 7.93. The number of aliphatic hydroxyl groups is 1. The van der Waals surface area contributed by atoms with Gasteiger partial charge in [-0.25, -0.2) is 0 Å². The lowest BCUT2D eigenvalue weighted by Gasteiger charge is -2.24. The van der Waals surface area contributed by atoms with Gasteiger partial charge in [-0.15, -0.1) is 17.9 Å². The van der Waals surface area contributed by atoms with Crippen molar-refractivity contribution in [2.45, 2.75) is 25.5 Å². The summed E-state index contributed by atoms with van der Waals surface area (Å²) < 4.78 is 5.12. The molecule has 0 saturated heterocycles. The van der Waals surface area contributed by atoms with E-state index in [1.165, 1.54) is 4.88 Å². The van der Waals surface area contributed by atoms with Gasteiger partial charge in [0, 0.05) is 31.6 Å². The quantitative estimate of drug-likeness (QED) is 0.663. The molecule has 0 bridgehead atoms. The molecule has 0 spiro atoms. The van der Waals surface area contributed by atoms with Crippen LogP contribution in [0.4, 0.5) is 0 Å². The summed E-state index contributed by atoms with van der Waals surface area (Å²) in [6.45, 7) is 6.79. The minimum Gasteiger partial charge on any atom is -0.392 e. The third-order valence-corrected chi connectivity index (χ3v) is 3.61. The maximum atomic E-state index is 9.95. The van der Waals surface area contributed by atoms with Crippen molar-refractivity contribution in [1.29, 1.82) is 0 Å². The van der Waals surface area contributed by atoms with Gasteiger partial charge in [-0.05, 0) is 24.3 Å². The van der Waals surface area contributed by atoms with Gasteiger partial charge in [-0.3, -0.25) is 4.90 Å². The Labute approximate surface area is 114 Å². The molecule has 1 N–H and O–H groups in total. The molecule has 0 radical (unpaired) electrons. The fraction of sp³-hybridized carbons (Fsp3) is 0.571. The zero-order valence-corrected chi connectivity index (χ0v) is 11.9. The molecule has 0 aromatic carbocycles. The summed E-state index contributed by atoms with van der Waals surface area (Å²) in [5, 5.41) is 12.0. The molecule has 0 aliphatic rings. The van der Waals surface area contributed by atoms with Crippen molar-refractivity contribution in [1.82, 2.24) is 4.90 Å². The average molecular weight is 269 g/mol. The zero-order chi connectivity index (χ0) is 13.2. The van der Waals surface area contributed by atoms with Crippen molar-refractivity contribution < 1.29 is 9.84 Å². The highest BCUT2D eigenvalue weighted by molar-refractivity contribution is 7.09. The number of hydrogen-bond donors (Lipinski definition) is 1. The summed E-state index contributed by atoms with van der Waals surface area (Å²) in [6.07, 6.45) is 3.19. The van der Waals surface area contributed by atoms with Gasteiger partial charge in [0.25, 0.3) is 0 Å². The maximum Gasteiger partial charge on any atom is 0.0670 e. The van der Waals surface area contributed by atoms with E-state index in [2.05, 4.69) is 29.0 Å². The Morgan fingerprint density at radius 1 is 1.61 bits per heavy atom. The van der Waals surface area contributed by atoms with Crippen LogP contribution >= 0.6 is 11.3 Å². The molecule has 1 atom stereocenters. The van der Waals surface area contributed by atoms with Crippen LogP contribution in [0.1, 0.15) is 17.7 Å². The average Bonchev–Trinajstić information content (AvgIpc) is 2.86. The van der Waals surface area contributed by atoms with Crippen LogP contribution in [0, 0.1) is 0 Å². The molecule has 0 fully saturated rings. The standard InChI is InChI=1S/C14H23NO2S/c1-3-4-6-13(16)11-15(8-9-17-2)12-14-7-5-10-18-14/h3,5,7,10,13,16H,1,4,6,8-9,11-12H2,2H3. The smallest absolute Gasteiger partial charge is 0.0670 e. The van der Waals surface area contributed by atoms with Crippen LogP contribution in [-0.2, 0) is 11.3 Å². The monoisotopic (exact) mass is 269 g/mol. The fourth-order valence-electron chi connectivity index (χ4n) is 1.78. The number of rotatable bonds is 10. The van der Waals surface area contributed by atoms with E-state index in [1.54, 1.807) is 18.4 Å². The van der Waals surface area contributed by atoms with Crippen molar-refractivity contribution in [3.05, 3.63) is 35.0 Å². The van der Waals surface area contributed by atoms with Crippen molar-refractivity contribution >= 4 is 11.3 Å². The van der Waals surface area contributed by atoms with E-state index in [0.29, 0.717) is 13.2 Å². The van der Waals surface area contributed by atoms with Gasteiger partial charge in [0.2, 0.25) is 0 Å². The molecular weight excluding hydrogens is 246 g/mol. The second-order valence-electron chi connectivity index (χ2n) is 4.33. The van der Waals surface area contributed by atoms with Crippen LogP contribution < -0.4 is 0 Å². The molecule has 3 nitrogen and oxygen atoms in total. The van der Waals surface area contributed by atoms with Gasteiger partial charge in [0.05, 0.1) is 12.7 Å². The van der Waals surface area contributed by atoms with E-state index < -0.39 is 0 Å². The first-order valence-corrected chi connectivity index (χ1v) is 7.17. The Hall–Kier alpha value is -0.680. The summed E-state index contributed by atoms with van der Waals surface area (Å²) in [4.78, 5) is 3.56. The minimum absolute atomic E-state index is 0.292. The summed E-state index contributed by atoms with van der Waals surface area (Å²) in [5.74, 6) is 0. The minimum atomic E-state index is -0.292. The number of ether oxygens (including phenoxy) is 1. The maximum absolute atomic E-state index is 9.95. The van der Waals surface area contributed by atoms with Gasteiger partial charge >= 0.3 is 0 Å². The molecule has 0 saturated carbocycles. The SMILES string of the molecule is C=CCCC(O)CN(CCOC)Cc1cccs1. The number of nitrogens with zero attached hydrogens (tertiary/aromatic N) is 1. The van der Waals surface area contributed by atoms with Gasteiger partial charge in [-0.1, -0.05) is 12.1 Å². The molecular formula is C14H23NO2S. The predicted octanol–water partition coefficient (Wildman–Crippen LogP) is 2.52. The number of hydrogen-bond acceptors (Lipinski definition) is 4. The first kappa shape index (κ1) is 15.4. The molecule has 0 aliphatic heterocycles. The van der Waals surface area contributed by atoms with E-state index >= 15 is 0 Å². The molecule has 1 aromatic heterocycles. The second-order valence-corrected chi connectivity index (χ2v) is 5.36. The second kappa shape index (κ2) is 9.28. The molecule has 1 heterocycles. The number of thiophene rings is 1. The third kappa shape index (κ3) is 6.31. The predicted molar refractivity (Wildman–Crippen MR) is 76.9 cm³/mol. The fourth-order valence-corrected chi connectivity index (χ4v) is 2.52. The summed E-state index contributed by atoms with van der Waals surface area (Å²) in [6, 6.07) is 4.18. The van der Waals surface area contributed by atoms with E-state index in [1.807, 2.05) is 6.08 Å². The van der Waals surface area contributed by atoms with Crippen molar-refractivity contribution in [2.24, 2.45) is 0 Å². The van der Waals surface area contributed by atoms with E-state index in [-0.39, 0.29) is 6.10 Å². The molecule has 102 valence electrons. The van der Waals surface area contributed by atoms with Gasteiger partial charge in [0.1, 0.15) is 0 Å². The first-order chi connectivity index (χ1) is 8.76. The van der Waals surface area contributed by atoms with Gasteiger partial charge in [-0.2, -0.15) is 0 Å². The summed E-state index contributed by atoms with van der Waals surface area (Å²) >= 11 is 1.75. The van der Waals surface area contributed by atoms with E-state index in [9.17, 15) is 5.11 Å². The van der Waals surface area contributed by atoms with Crippen LogP contribution in [0.3, 0.4) is 0 Å². The van der Waals surface area contributed by atoms with E-state index in [4.69, 9.17) is 4.74 Å². The molecule has 18 heavy (non-hydrogen) atoms. The van der Waals surface area contributed by atoms with Gasteiger partial charge < -0.3 is 9.84 Å². The van der Waals surface area contributed by atoms with Crippen LogP contribution in [0.5, 0.6) is 0 Å². The van der Waals surface area contributed by atoms with Crippen LogP contribution in [0.15, 0.2) is 30.2 Å². The summed E-state index contributed by atoms with van der Waals surface area (Å²) in [5.41, 5.74) is 0. The molecule has 4 heteroatoms. The normalized spacial score (nSPS) is 12.8. The Balaban J connectivity index is 2.41. The Morgan fingerprint density at radius 2 is 2.44 bits per heavy atom. The Morgan fingerprint density at radius 3 is 3.06 bits per heavy atom. The van der Waals surface area contributed by atoms with Crippen molar-refractivity contribution in [3.63, 3.8) is 0 Å². The van der Waals surface area contributed by atoms with E-state index in [0.717, 1.165) is 25.9 Å². The Bertz CT molecular complexity index is 314. The molecule has 1 rings (SSSR count). The highest BCUT2D eigenvalue weighted by Crippen LogP contribution is 2.12. The lowest BCUT2D eigenvalue weighted by molar-refractivity contribution is 0.0814. The first-order valence-electron chi connectivity index (χ1n) is 6.29. The molecule has 1 aromatic rings. The van der Waals surface area contributed by atoms with Crippen LogP contribution in [0.2, 0.25) is 0 Å². The highest BCUT2D eigenvalue weighted by atomic mass is 32.1. The number of aliphatic hydroxyl groups excluding tert-OH is 1.